The monoisotopic (exact) mass is 269 g/mol. The van der Waals surface area contributed by atoms with Crippen molar-refractivity contribution in [2.24, 2.45) is 10.4 Å². The molecule has 0 amide bonds. The smallest absolute Gasteiger partial charge is 0.112 e. The number of H-pyrrole nitrogens is 1. The molecule has 106 valence electrons. The number of benzene rings is 1. The fourth-order valence-electron chi connectivity index (χ4n) is 2.49. The summed E-state index contributed by atoms with van der Waals surface area (Å²) in [7, 11) is 0. The van der Waals surface area contributed by atoms with Crippen LogP contribution in [0.3, 0.4) is 0 Å². The van der Waals surface area contributed by atoms with Crippen LogP contribution in [-0.4, -0.2) is 15.7 Å². The molecule has 0 radical (unpaired) electrons. The average Bonchev–Trinajstić information content (AvgIpc) is 2.85. The first-order valence-electron chi connectivity index (χ1n) is 7.26. The second kappa shape index (κ2) is 3.94. The standard InChI is InChI=1S/C17H23N3/c1-16(2,3)14-8-10-7-12-13(9-11(10)18-14)20-15(19-12)17(4,5)6/h7,9H,8H2,1-6H3,(H,19,20). The van der Waals surface area contributed by atoms with Gasteiger partial charge in [0.25, 0.3) is 0 Å². The van der Waals surface area contributed by atoms with Crippen LogP contribution in [0.1, 0.15) is 52.9 Å². The van der Waals surface area contributed by atoms with E-state index in [1.165, 1.54) is 11.3 Å². The molecule has 0 unspecified atom stereocenters. The molecule has 3 nitrogen and oxygen atoms in total. The van der Waals surface area contributed by atoms with E-state index >= 15 is 0 Å². The van der Waals surface area contributed by atoms with Crippen LogP contribution in [0.2, 0.25) is 0 Å². The SMILES string of the molecule is CC(C)(C)C1=Nc2cc3nc(C(C)(C)C)[nH]c3cc2C1. The number of hydrogen-bond donors (Lipinski definition) is 1. The molecule has 3 heteroatoms. The quantitative estimate of drug-likeness (QED) is 0.749. The van der Waals surface area contributed by atoms with E-state index in [4.69, 9.17) is 9.98 Å². The molecule has 1 N–H and O–H groups in total. The zero-order valence-corrected chi connectivity index (χ0v) is 13.3. The molecule has 2 aromatic rings. The fraction of sp³-hybridized carbons (Fsp3) is 0.529. The van der Waals surface area contributed by atoms with Crippen molar-refractivity contribution in [1.82, 2.24) is 9.97 Å². The molecule has 1 aliphatic rings. The lowest BCUT2D eigenvalue weighted by molar-refractivity contribution is 0.554. The maximum atomic E-state index is 4.81. The third kappa shape index (κ3) is 2.15. The van der Waals surface area contributed by atoms with Gasteiger partial charge in [-0.1, -0.05) is 41.5 Å². The number of rotatable bonds is 0. The summed E-state index contributed by atoms with van der Waals surface area (Å²) in [6, 6.07) is 4.34. The zero-order chi connectivity index (χ0) is 14.7. The molecule has 1 aliphatic heterocycles. The molecule has 0 fully saturated rings. The second-order valence-corrected chi connectivity index (χ2v) is 7.82. The highest BCUT2D eigenvalue weighted by Crippen LogP contribution is 2.36. The normalized spacial score (nSPS) is 15.6. The van der Waals surface area contributed by atoms with Crippen molar-refractivity contribution in [3.05, 3.63) is 23.5 Å². The second-order valence-electron chi connectivity index (χ2n) is 7.82. The van der Waals surface area contributed by atoms with Gasteiger partial charge in [0.1, 0.15) is 5.82 Å². The number of nitrogens with one attached hydrogen (secondary N) is 1. The fourth-order valence-corrected chi connectivity index (χ4v) is 2.49. The van der Waals surface area contributed by atoms with Gasteiger partial charge in [0.05, 0.1) is 16.7 Å². The van der Waals surface area contributed by atoms with E-state index in [0.29, 0.717) is 0 Å². The molecule has 0 spiro atoms. The van der Waals surface area contributed by atoms with Gasteiger partial charge in [0.2, 0.25) is 0 Å². The van der Waals surface area contributed by atoms with Crippen LogP contribution in [0.4, 0.5) is 5.69 Å². The van der Waals surface area contributed by atoms with Gasteiger partial charge < -0.3 is 4.98 Å². The molecule has 0 atom stereocenters. The van der Waals surface area contributed by atoms with Gasteiger partial charge in [-0.15, -0.1) is 0 Å². The highest BCUT2D eigenvalue weighted by Gasteiger charge is 2.26. The van der Waals surface area contributed by atoms with Crippen molar-refractivity contribution in [3.63, 3.8) is 0 Å². The Bertz CT molecular complexity index is 706. The highest BCUT2D eigenvalue weighted by molar-refractivity contribution is 5.99. The van der Waals surface area contributed by atoms with Gasteiger partial charge in [-0.3, -0.25) is 4.99 Å². The van der Waals surface area contributed by atoms with Crippen molar-refractivity contribution in [2.75, 3.05) is 0 Å². The summed E-state index contributed by atoms with van der Waals surface area (Å²) in [5.74, 6) is 1.04. The van der Waals surface area contributed by atoms with Gasteiger partial charge in [-0.2, -0.15) is 0 Å². The predicted octanol–water partition coefficient (Wildman–Crippen LogP) is 4.54. The van der Waals surface area contributed by atoms with E-state index in [2.05, 4.69) is 58.7 Å². The van der Waals surface area contributed by atoms with Crippen LogP contribution in [0.5, 0.6) is 0 Å². The molecular weight excluding hydrogens is 246 g/mol. The van der Waals surface area contributed by atoms with E-state index in [1.54, 1.807) is 0 Å². The van der Waals surface area contributed by atoms with Crippen molar-refractivity contribution < 1.29 is 0 Å². The van der Waals surface area contributed by atoms with Gasteiger partial charge >= 0.3 is 0 Å². The van der Waals surface area contributed by atoms with Gasteiger partial charge in [-0.25, -0.2) is 4.98 Å². The maximum absolute atomic E-state index is 4.81. The van der Waals surface area contributed by atoms with Gasteiger partial charge in [0, 0.05) is 23.0 Å². The Labute approximate surface area is 120 Å². The van der Waals surface area contributed by atoms with Gasteiger partial charge in [0.15, 0.2) is 0 Å². The highest BCUT2D eigenvalue weighted by atomic mass is 14.9. The molecular formula is C17H23N3. The number of hydrogen-bond acceptors (Lipinski definition) is 2. The Morgan fingerprint density at radius 1 is 1.00 bits per heavy atom. The molecule has 1 aromatic heterocycles. The Kier molecular flexibility index (Phi) is 2.63. The molecule has 20 heavy (non-hydrogen) atoms. The van der Waals surface area contributed by atoms with Crippen LogP contribution < -0.4 is 0 Å². The summed E-state index contributed by atoms with van der Waals surface area (Å²) < 4.78 is 0. The van der Waals surface area contributed by atoms with Crippen molar-refractivity contribution in [1.29, 1.82) is 0 Å². The molecule has 0 saturated heterocycles. The number of nitrogens with zero attached hydrogens (tertiary/aromatic N) is 2. The summed E-state index contributed by atoms with van der Waals surface area (Å²) in [4.78, 5) is 13.0. The van der Waals surface area contributed by atoms with Crippen LogP contribution in [0.15, 0.2) is 17.1 Å². The van der Waals surface area contributed by atoms with E-state index in [-0.39, 0.29) is 10.8 Å². The largest absolute Gasteiger partial charge is 0.342 e. The summed E-state index contributed by atoms with van der Waals surface area (Å²) in [6.07, 6.45) is 0.957. The summed E-state index contributed by atoms with van der Waals surface area (Å²) in [6.45, 7) is 13.2. The minimum atomic E-state index is 0.0449. The minimum absolute atomic E-state index is 0.0449. The topological polar surface area (TPSA) is 41.0 Å². The number of fused-ring (bicyclic) bond motifs is 2. The molecule has 1 aromatic carbocycles. The van der Waals surface area contributed by atoms with Crippen molar-refractivity contribution >= 4 is 22.4 Å². The maximum Gasteiger partial charge on any atom is 0.112 e. The van der Waals surface area contributed by atoms with Crippen molar-refractivity contribution in [2.45, 2.75) is 53.4 Å². The lowest BCUT2D eigenvalue weighted by atomic mass is 9.87. The Morgan fingerprint density at radius 2 is 1.70 bits per heavy atom. The van der Waals surface area contributed by atoms with Crippen LogP contribution in [-0.2, 0) is 11.8 Å². The lowest BCUT2D eigenvalue weighted by Gasteiger charge is -2.17. The first-order valence-corrected chi connectivity index (χ1v) is 7.26. The predicted molar refractivity (Wildman–Crippen MR) is 85.0 cm³/mol. The Balaban J connectivity index is 2.08. The van der Waals surface area contributed by atoms with E-state index in [1.807, 2.05) is 0 Å². The zero-order valence-electron chi connectivity index (χ0n) is 13.3. The number of aliphatic imine (C=N–C) groups is 1. The summed E-state index contributed by atoms with van der Waals surface area (Å²) >= 11 is 0. The molecule has 0 bridgehead atoms. The molecule has 0 saturated carbocycles. The number of aromatic amines is 1. The first kappa shape index (κ1) is 13.3. The van der Waals surface area contributed by atoms with E-state index < -0.39 is 0 Å². The van der Waals surface area contributed by atoms with Crippen LogP contribution >= 0.6 is 0 Å². The van der Waals surface area contributed by atoms with Crippen molar-refractivity contribution in [3.8, 4) is 0 Å². The lowest BCUT2D eigenvalue weighted by Crippen LogP contribution is -2.19. The summed E-state index contributed by atoms with van der Waals surface area (Å²) in [5.41, 5.74) is 5.99. The number of aromatic nitrogens is 2. The molecule has 3 rings (SSSR count). The third-order valence-corrected chi connectivity index (χ3v) is 3.87. The summed E-state index contributed by atoms with van der Waals surface area (Å²) in [5, 5.41) is 0. The van der Waals surface area contributed by atoms with Crippen LogP contribution in [0.25, 0.3) is 11.0 Å². The number of imidazole rings is 1. The molecule has 2 heterocycles. The first-order chi connectivity index (χ1) is 9.14. The van der Waals surface area contributed by atoms with E-state index in [0.717, 1.165) is 29.0 Å². The van der Waals surface area contributed by atoms with Gasteiger partial charge in [-0.05, 0) is 17.7 Å². The van der Waals surface area contributed by atoms with Crippen LogP contribution in [0, 0.1) is 5.41 Å². The molecule has 0 aliphatic carbocycles. The third-order valence-electron chi connectivity index (χ3n) is 3.87. The minimum Gasteiger partial charge on any atom is -0.342 e. The van der Waals surface area contributed by atoms with E-state index in [9.17, 15) is 0 Å². The average molecular weight is 269 g/mol. The Hall–Kier alpha value is -1.64. The Morgan fingerprint density at radius 3 is 2.30 bits per heavy atom.